The topological polar surface area (TPSA) is 173 Å². The Bertz CT molecular complexity index is 2580. The number of methoxy groups -OCH3 is 1. The summed E-state index contributed by atoms with van der Waals surface area (Å²) in [6.45, 7) is 7.27. The number of halogens is 4. The third kappa shape index (κ3) is 11.6. The van der Waals surface area contributed by atoms with E-state index in [9.17, 15) is 37.4 Å². The van der Waals surface area contributed by atoms with Crippen LogP contribution in [0.3, 0.4) is 0 Å². The first kappa shape index (κ1) is 48.4. The maximum absolute atomic E-state index is 14.8. The Hall–Kier alpha value is -4.08. The Morgan fingerprint density at radius 1 is 0.873 bits per heavy atom. The number of piperidine rings is 1. The lowest BCUT2D eigenvalue weighted by atomic mass is 9.91. The molecule has 4 aromatic heterocycles. The Morgan fingerprint density at radius 2 is 1.49 bits per heavy atom. The number of benzene rings is 2. The van der Waals surface area contributed by atoms with Gasteiger partial charge in [-0.3, -0.25) is 9.59 Å². The molecule has 11 nitrogen and oxygen atoms in total. The van der Waals surface area contributed by atoms with Crippen LogP contribution in [-0.4, -0.2) is 80.0 Å². The third-order valence-corrected chi connectivity index (χ3v) is 15.1. The van der Waals surface area contributed by atoms with Gasteiger partial charge < -0.3 is 26.0 Å². The van der Waals surface area contributed by atoms with Crippen molar-refractivity contribution >= 4 is 79.6 Å². The molecule has 63 heavy (non-hydrogen) atoms. The molecule has 0 spiro atoms. The smallest absolute Gasteiger partial charge is 0.416 e. The molecule has 5 N–H and O–H groups in total. The Kier molecular flexibility index (Phi) is 16.0. The number of nitrogens with two attached hydrogens (primary N) is 1. The predicted octanol–water partition coefficient (Wildman–Crippen LogP) is 9.41. The average Bonchev–Trinajstić information content (AvgIpc) is 3.97. The molecule has 5 heterocycles. The van der Waals surface area contributed by atoms with Crippen LogP contribution in [0.4, 0.5) is 17.6 Å². The van der Waals surface area contributed by atoms with Gasteiger partial charge in [-0.05, 0) is 114 Å². The molecular formula is C44H48F4N6O5S4. The highest BCUT2D eigenvalue weighted by molar-refractivity contribution is 8.00. The van der Waals surface area contributed by atoms with Gasteiger partial charge in [0.2, 0.25) is 0 Å². The maximum atomic E-state index is 14.8. The van der Waals surface area contributed by atoms with Crippen molar-refractivity contribution in [2.75, 3.05) is 38.2 Å². The zero-order valence-corrected chi connectivity index (χ0v) is 38.4. The number of hydrogen-bond acceptors (Lipinski definition) is 15. The number of rotatable bonds is 16. The molecule has 1 aliphatic heterocycles. The second-order valence-corrected chi connectivity index (χ2v) is 19.2. The number of unbranched alkanes of at least 4 members (excludes halogenated alkanes) is 1. The number of aryl methyl sites for hydroxylation is 2. The number of hydrogen-bond donors (Lipinski definition) is 4. The molecule has 1 unspecified atom stereocenters. The average molecular weight is 945 g/mol. The van der Waals surface area contributed by atoms with E-state index in [1.807, 2.05) is 13.0 Å². The largest absolute Gasteiger partial charge is 0.494 e. The summed E-state index contributed by atoms with van der Waals surface area (Å²) in [7, 11) is 1.40. The van der Waals surface area contributed by atoms with Gasteiger partial charge in [-0.1, -0.05) is 43.3 Å². The van der Waals surface area contributed by atoms with Crippen LogP contribution in [0.5, 0.6) is 5.75 Å². The van der Waals surface area contributed by atoms with Gasteiger partial charge in [0.25, 0.3) is 0 Å². The highest BCUT2D eigenvalue weighted by Crippen LogP contribution is 2.39. The van der Waals surface area contributed by atoms with Gasteiger partial charge in [-0.2, -0.15) is 13.2 Å². The Balaban J connectivity index is 0.000000210. The summed E-state index contributed by atoms with van der Waals surface area (Å²) in [6.07, 6.45) is -0.480. The zero-order valence-electron chi connectivity index (χ0n) is 35.1. The number of Topliss-reactive ketones (excluding diaryl/α,β-unsaturated/α-hetero) is 2. The van der Waals surface area contributed by atoms with Crippen LogP contribution in [0, 0.1) is 19.7 Å². The molecule has 0 aliphatic carbocycles. The second kappa shape index (κ2) is 20.8. The van der Waals surface area contributed by atoms with Crippen molar-refractivity contribution < 1.29 is 42.1 Å². The van der Waals surface area contributed by atoms with Crippen molar-refractivity contribution in [1.82, 2.24) is 25.3 Å². The van der Waals surface area contributed by atoms with E-state index in [4.69, 9.17) is 10.5 Å². The molecule has 2 aromatic carbocycles. The SMILES string of the molecule is CCCCC(O)(CCN)c1ccc(C(=O)CSc2nc(C)nc3ccc(C(F)(F)F)cc23)s1.COc1ccc2nc(C)nc(SCC(=O)c3ccc(C4(O)CCNCC4)s3)c2c1F. The molecule has 19 heteroatoms. The second-order valence-electron chi connectivity index (χ2n) is 15.1. The van der Waals surface area contributed by atoms with Crippen LogP contribution in [0.2, 0.25) is 0 Å². The van der Waals surface area contributed by atoms with Crippen molar-refractivity contribution in [2.24, 2.45) is 5.73 Å². The van der Waals surface area contributed by atoms with Crippen LogP contribution in [-0.2, 0) is 17.4 Å². The van der Waals surface area contributed by atoms with E-state index in [1.165, 1.54) is 53.7 Å². The lowest BCUT2D eigenvalue weighted by Crippen LogP contribution is -2.39. The minimum Gasteiger partial charge on any atom is -0.494 e. The van der Waals surface area contributed by atoms with Crippen LogP contribution in [0.1, 0.15) is 91.8 Å². The van der Waals surface area contributed by atoms with Crippen molar-refractivity contribution in [2.45, 2.75) is 86.7 Å². The minimum atomic E-state index is -4.48. The molecule has 0 radical (unpaired) electrons. The maximum Gasteiger partial charge on any atom is 0.416 e. The van der Waals surface area contributed by atoms with E-state index < -0.39 is 28.8 Å². The number of carbonyl (C=O) groups excluding carboxylic acids is 2. The zero-order chi connectivity index (χ0) is 45.5. The van der Waals surface area contributed by atoms with E-state index in [-0.39, 0.29) is 39.6 Å². The van der Waals surface area contributed by atoms with Gasteiger partial charge in [-0.15, -0.1) is 22.7 Å². The summed E-state index contributed by atoms with van der Waals surface area (Å²) in [5.74, 6) is 0.359. The number of thiophene rings is 2. The van der Waals surface area contributed by atoms with Gasteiger partial charge in [0.15, 0.2) is 23.1 Å². The number of aromatic nitrogens is 4. The standard InChI is InChI=1S/C23H26F3N3O2S2.C21H22FN3O3S2/c1-3-4-9-22(31,10-11-27)20-8-7-19(33-20)18(30)13-32-21-16-12-15(23(24,25)26)5-6-17(16)28-14(2)29-21;1-12-24-13-3-4-15(28-2)19(22)18(13)20(25-12)29-11-14(26)16-5-6-17(30-16)21(27)7-9-23-10-8-21/h5-8,12,31H,3-4,9-11,13,27H2,1-2H3;3-6,23,27H,7-11H2,1-2H3. The van der Waals surface area contributed by atoms with Crippen molar-refractivity contribution in [3.8, 4) is 5.75 Å². The fourth-order valence-corrected chi connectivity index (χ4v) is 11.3. The first-order valence-electron chi connectivity index (χ1n) is 20.2. The van der Waals surface area contributed by atoms with E-state index in [2.05, 4.69) is 25.3 Å². The molecule has 7 rings (SSSR count). The van der Waals surface area contributed by atoms with Crippen molar-refractivity contribution in [3.63, 3.8) is 0 Å². The number of thioether (sulfide) groups is 2. The lowest BCUT2D eigenvalue weighted by Gasteiger charge is -2.31. The monoisotopic (exact) mass is 944 g/mol. The summed E-state index contributed by atoms with van der Waals surface area (Å²) in [5, 5.41) is 26.4. The summed E-state index contributed by atoms with van der Waals surface area (Å²) < 4.78 is 59.4. The lowest BCUT2D eigenvalue weighted by molar-refractivity contribution is -0.137. The molecule has 6 aromatic rings. The number of fused-ring (bicyclic) bond motifs is 2. The van der Waals surface area contributed by atoms with Gasteiger partial charge in [0, 0.05) is 15.1 Å². The molecule has 0 saturated carbocycles. The number of nitrogens with zero attached hydrogens (tertiary/aromatic N) is 4. The number of alkyl halides is 3. The number of nitrogens with one attached hydrogen (secondary N) is 1. The molecular weight excluding hydrogens is 897 g/mol. The summed E-state index contributed by atoms with van der Waals surface area (Å²) in [5.41, 5.74) is 3.84. The van der Waals surface area contributed by atoms with Crippen molar-refractivity contribution in [3.05, 3.63) is 97.1 Å². The first-order valence-corrected chi connectivity index (χ1v) is 23.8. The molecule has 0 amide bonds. The molecule has 1 fully saturated rings. The van der Waals surface area contributed by atoms with Crippen molar-refractivity contribution in [1.29, 1.82) is 0 Å². The molecule has 336 valence electrons. The number of ketones is 2. The summed E-state index contributed by atoms with van der Waals surface area (Å²) >= 11 is 4.83. The first-order chi connectivity index (χ1) is 30.0. The van der Waals surface area contributed by atoms with E-state index in [1.54, 1.807) is 38.1 Å². The van der Waals surface area contributed by atoms with Crippen LogP contribution < -0.4 is 15.8 Å². The highest BCUT2D eigenvalue weighted by atomic mass is 32.2. The van der Waals surface area contributed by atoms with Gasteiger partial charge >= 0.3 is 6.18 Å². The third-order valence-electron chi connectivity index (χ3n) is 10.5. The fraction of sp³-hybridized carbons (Fsp3) is 0.409. The number of ether oxygens (including phenoxy) is 1. The van der Waals surface area contributed by atoms with Crippen LogP contribution >= 0.6 is 46.2 Å². The van der Waals surface area contributed by atoms with Crippen LogP contribution in [0.15, 0.2) is 64.6 Å². The fourth-order valence-electron chi connectivity index (χ4n) is 7.06. The van der Waals surface area contributed by atoms with Gasteiger partial charge in [0.05, 0.1) is 56.0 Å². The summed E-state index contributed by atoms with van der Waals surface area (Å²) in [4.78, 5) is 45.3. The normalized spacial score (nSPS) is 14.9. The molecule has 1 atom stereocenters. The summed E-state index contributed by atoms with van der Waals surface area (Å²) in [6, 6.07) is 13.6. The quantitative estimate of drug-likeness (QED) is 0.0313. The van der Waals surface area contributed by atoms with E-state index >= 15 is 0 Å². The van der Waals surface area contributed by atoms with Gasteiger partial charge in [-0.25, -0.2) is 24.3 Å². The van der Waals surface area contributed by atoms with E-state index in [0.717, 1.165) is 54.7 Å². The Morgan fingerprint density at radius 3 is 2.14 bits per heavy atom. The van der Waals surface area contributed by atoms with Gasteiger partial charge in [0.1, 0.15) is 27.3 Å². The Labute approximate surface area is 378 Å². The van der Waals surface area contributed by atoms with E-state index in [0.29, 0.717) is 79.6 Å². The number of carbonyl (C=O) groups is 2. The minimum absolute atomic E-state index is 0.00598. The predicted molar refractivity (Wildman–Crippen MR) is 242 cm³/mol. The number of aliphatic hydroxyl groups is 2. The molecule has 1 aliphatic rings. The highest BCUT2D eigenvalue weighted by Gasteiger charge is 2.34. The van der Waals surface area contributed by atoms with Crippen LogP contribution in [0.25, 0.3) is 21.8 Å². The molecule has 1 saturated heterocycles. The molecule has 0 bridgehead atoms.